The van der Waals surface area contributed by atoms with Crippen molar-refractivity contribution in [3.63, 3.8) is 0 Å². The van der Waals surface area contributed by atoms with Gasteiger partial charge in [-0.1, -0.05) is 47.5 Å². The van der Waals surface area contributed by atoms with Crippen molar-refractivity contribution in [3.8, 4) is 28.3 Å². The van der Waals surface area contributed by atoms with E-state index in [-0.39, 0.29) is 33.2 Å². The monoisotopic (exact) mass is 637 g/mol. The van der Waals surface area contributed by atoms with Gasteiger partial charge in [0.05, 0.1) is 34.2 Å². The van der Waals surface area contributed by atoms with Gasteiger partial charge in [-0.15, -0.1) is 0 Å². The van der Waals surface area contributed by atoms with Gasteiger partial charge in [0.25, 0.3) is 11.5 Å². The summed E-state index contributed by atoms with van der Waals surface area (Å²) in [5, 5.41) is 9.32. The number of benzene rings is 2. The van der Waals surface area contributed by atoms with E-state index in [0.717, 1.165) is 21.1 Å². The molecule has 1 unspecified atom stereocenters. The van der Waals surface area contributed by atoms with Gasteiger partial charge in [0.1, 0.15) is 17.6 Å². The van der Waals surface area contributed by atoms with Crippen LogP contribution in [0.3, 0.4) is 0 Å². The molecule has 0 saturated carbocycles. The van der Waals surface area contributed by atoms with Gasteiger partial charge < -0.3 is 25.3 Å². The van der Waals surface area contributed by atoms with Crippen LogP contribution >= 0.6 is 23.2 Å². The second-order valence-corrected chi connectivity index (χ2v) is 11.0. The summed E-state index contributed by atoms with van der Waals surface area (Å²) >= 11 is 13.6. The van der Waals surface area contributed by atoms with Crippen molar-refractivity contribution in [2.75, 3.05) is 19.0 Å². The second kappa shape index (κ2) is 13.0. The highest BCUT2D eigenvalue weighted by Crippen LogP contribution is 2.40. The third-order valence-corrected chi connectivity index (χ3v) is 8.10. The minimum Gasteiger partial charge on any atom is -0.496 e. The number of ether oxygens (including phenoxy) is 1. The number of aromatic nitrogens is 4. The highest BCUT2D eigenvalue weighted by atomic mass is 35.5. The number of rotatable bonds is 9. The van der Waals surface area contributed by atoms with E-state index in [0.29, 0.717) is 47.8 Å². The molecule has 0 spiro atoms. The fraction of sp³-hybridized carbons (Fsp3) is 0.267. The third kappa shape index (κ3) is 6.23. The van der Waals surface area contributed by atoms with Crippen molar-refractivity contribution in [2.24, 2.45) is 14.1 Å². The SMILES string of the molecule is COc1cc(-c2ncnc(-c3cccc(NC(=O)c4cn(C)c(=O)n(C)c4=O)c3Cl)c2Cl)ccc1CNCC1CCC(=O)N1. The summed E-state index contributed by atoms with van der Waals surface area (Å²) in [6, 6.07) is 10.7. The number of carbonyl (C=O) groups excluding carboxylic acids is 2. The Bertz CT molecular complexity index is 1890. The predicted molar refractivity (Wildman–Crippen MR) is 167 cm³/mol. The molecule has 2 aromatic heterocycles. The van der Waals surface area contributed by atoms with E-state index in [1.54, 1.807) is 25.3 Å². The maximum absolute atomic E-state index is 13.0. The maximum atomic E-state index is 13.0. The van der Waals surface area contributed by atoms with Crippen molar-refractivity contribution in [1.29, 1.82) is 0 Å². The average Bonchev–Trinajstić information content (AvgIpc) is 3.44. The van der Waals surface area contributed by atoms with E-state index in [2.05, 4.69) is 25.9 Å². The molecule has 4 aromatic rings. The number of hydrogen-bond acceptors (Lipinski definition) is 8. The zero-order valence-corrected chi connectivity index (χ0v) is 25.6. The Morgan fingerprint density at radius 1 is 1.09 bits per heavy atom. The maximum Gasteiger partial charge on any atom is 0.330 e. The lowest BCUT2D eigenvalue weighted by Gasteiger charge is -2.15. The molecule has 3 heterocycles. The topological polar surface area (TPSA) is 149 Å². The number of halogens is 2. The number of hydrogen-bond donors (Lipinski definition) is 3. The number of nitrogens with one attached hydrogen (secondary N) is 3. The molecular weight excluding hydrogens is 609 g/mol. The summed E-state index contributed by atoms with van der Waals surface area (Å²) in [6.07, 6.45) is 3.90. The molecule has 0 aliphatic carbocycles. The van der Waals surface area contributed by atoms with Crippen molar-refractivity contribution in [3.05, 3.63) is 90.9 Å². The van der Waals surface area contributed by atoms with Crippen LogP contribution < -0.4 is 31.9 Å². The van der Waals surface area contributed by atoms with Gasteiger partial charge in [-0.2, -0.15) is 0 Å². The lowest BCUT2D eigenvalue weighted by atomic mass is 10.0. The highest BCUT2D eigenvalue weighted by Gasteiger charge is 2.22. The van der Waals surface area contributed by atoms with E-state index in [1.807, 2.05) is 18.2 Å². The summed E-state index contributed by atoms with van der Waals surface area (Å²) in [6.45, 7) is 1.19. The molecule has 44 heavy (non-hydrogen) atoms. The molecule has 0 radical (unpaired) electrons. The Morgan fingerprint density at radius 2 is 1.86 bits per heavy atom. The summed E-state index contributed by atoms with van der Waals surface area (Å²) in [7, 11) is 4.32. The Kier molecular flexibility index (Phi) is 9.14. The fourth-order valence-corrected chi connectivity index (χ4v) is 5.54. The summed E-state index contributed by atoms with van der Waals surface area (Å²) < 4.78 is 7.64. The Morgan fingerprint density at radius 3 is 2.59 bits per heavy atom. The standard InChI is InChI=1S/C30H29Cl2N7O5/c1-38-14-20(29(42)39(2)30(38)43)28(41)37-21-6-4-5-19(24(21)31)27-25(32)26(34-15-35-27)16-7-8-17(22(11-16)44-3)12-33-13-18-9-10-23(40)36-18/h4-8,11,14-15,18,33H,9-10,12-13H2,1-3H3,(H,36,40)(H,37,41). The normalized spacial score (nSPS) is 14.4. The molecule has 1 saturated heterocycles. The van der Waals surface area contributed by atoms with Crippen molar-refractivity contribution in [2.45, 2.75) is 25.4 Å². The van der Waals surface area contributed by atoms with Gasteiger partial charge in [-0.25, -0.2) is 14.8 Å². The molecule has 1 aliphatic rings. The Hall–Kier alpha value is -4.52. The highest BCUT2D eigenvalue weighted by molar-refractivity contribution is 6.39. The average molecular weight is 639 g/mol. The predicted octanol–water partition coefficient (Wildman–Crippen LogP) is 3.14. The molecule has 5 rings (SSSR count). The van der Waals surface area contributed by atoms with Crippen molar-refractivity contribution >= 4 is 40.7 Å². The number of nitrogens with zero attached hydrogens (tertiary/aromatic N) is 4. The van der Waals surface area contributed by atoms with Crippen molar-refractivity contribution in [1.82, 2.24) is 29.7 Å². The van der Waals surface area contributed by atoms with Gasteiger partial charge >= 0.3 is 5.69 Å². The van der Waals surface area contributed by atoms with Crippen LogP contribution in [0, 0.1) is 0 Å². The molecule has 2 amide bonds. The quantitative estimate of drug-likeness (QED) is 0.253. The first-order valence-electron chi connectivity index (χ1n) is 13.6. The molecule has 2 aromatic carbocycles. The zero-order chi connectivity index (χ0) is 31.5. The van der Waals surface area contributed by atoms with Crippen LogP contribution in [-0.2, 0) is 25.4 Å². The summed E-state index contributed by atoms with van der Waals surface area (Å²) in [5.74, 6) is -0.0237. The van der Waals surface area contributed by atoms with Crippen LogP contribution in [0.1, 0.15) is 28.8 Å². The first-order chi connectivity index (χ1) is 21.1. The van der Waals surface area contributed by atoms with Gasteiger partial charge in [-0.05, 0) is 18.6 Å². The van der Waals surface area contributed by atoms with Crippen LogP contribution in [0.5, 0.6) is 5.75 Å². The lowest BCUT2D eigenvalue weighted by molar-refractivity contribution is -0.119. The molecule has 0 bridgehead atoms. The van der Waals surface area contributed by atoms with Crippen LogP contribution in [0.4, 0.5) is 5.69 Å². The van der Waals surface area contributed by atoms with Crippen molar-refractivity contribution < 1.29 is 14.3 Å². The van der Waals surface area contributed by atoms with Crippen LogP contribution in [-0.4, -0.2) is 50.6 Å². The first-order valence-corrected chi connectivity index (χ1v) is 14.4. The number of amides is 2. The Labute approximate surface area is 262 Å². The van der Waals surface area contributed by atoms with Gasteiger partial charge in [-0.3, -0.25) is 19.0 Å². The number of aryl methyl sites for hydroxylation is 1. The Balaban J connectivity index is 1.40. The van der Waals surface area contributed by atoms with Gasteiger partial charge in [0.15, 0.2) is 0 Å². The van der Waals surface area contributed by atoms with Crippen LogP contribution in [0.15, 0.2) is 58.5 Å². The van der Waals surface area contributed by atoms with E-state index in [4.69, 9.17) is 27.9 Å². The summed E-state index contributed by atoms with van der Waals surface area (Å²) in [5.41, 5.74) is 1.52. The molecule has 12 nitrogen and oxygen atoms in total. The van der Waals surface area contributed by atoms with Gasteiger partial charge in [0.2, 0.25) is 5.91 Å². The minimum atomic E-state index is -0.735. The minimum absolute atomic E-state index is 0.0750. The summed E-state index contributed by atoms with van der Waals surface area (Å²) in [4.78, 5) is 57.8. The largest absolute Gasteiger partial charge is 0.496 e. The van der Waals surface area contributed by atoms with E-state index in [1.165, 1.54) is 26.6 Å². The fourth-order valence-electron chi connectivity index (χ4n) is 4.97. The molecule has 1 aliphatic heterocycles. The molecular formula is C30H29Cl2N7O5. The second-order valence-electron chi connectivity index (χ2n) is 10.3. The number of anilines is 1. The molecule has 1 fully saturated rings. The molecule has 3 N–H and O–H groups in total. The van der Waals surface area contributed by atoms with E-state index >= 15 is 0 Å². The van der Waals surface area contributed by atoms with Crippen LogP contribution in [0.25, 0.3) is 22.5 Å². The number of methoxy groups -OCH3 is 1. The van der Waals surface area contributed by atoms with E-state index in [9.17, 15) is 19.2 Å². The third-order valence-electron chi connectivity index (χ3n) is 7.33. The molecule has 14 heteroatoms. The smallest absolute Gasteiger partial charge is 0.330 e. The van der Waals surface area contributed by atoms with Crippen LogP contribution in [0.2, 0.25) is 10.0 Å². The van der Waals surface area contributed by atoms with E-state index < -0.39 is 17.2 Å². The number of carbonyl (C=O) groups is 2. The molecule has 1 atom stereocenters. The lowest BCUT2D eigenvalue weighted by Crippen LogP contribution is -2.40. The first kappa shape index (κ1) is 30.9. The van der Waals surface area contributed by atoms with Gasteiger partial charge in [0, 0.05) is 62.5 Å². The molecule has 228 valence electrons. The zero-order valence-electron chi connectivity index (χ0n) is 24.1.